The van der Waals surface area contributed by atoms with Crippen molar-refractivity contribution in [1.82, 2.24) is 10.6 Å². The highest BCUT2D eigenvalue weighted by atomic mass is 16.6. The fourth-order valence-corrected chi connectivity index (χ4v) is 3.04. The first kappa shape index (κ1) is 25.9. The molecule has 1 rings (SSSR count). The maximum atomic E-state index is 12.8. The van der Waals surface area contributed by atoms with Crippen molar-refractivity contribution in [2.24, 2.45) is 11.8 Å². The van der Waals surface area contributed by atoms with Crippen LogP contribution in [0.3, 0.4) is 0 Å². The predicted octanol–water partition coefficient (Wildman–Crippen LogP) is 2.49. The van der Waals surface area contributed by atoms with Gasteiger partial charge in [-0.15, -0.1) is 0 Å². The van der Waals surface area contributed by atoms with Crippen LogP contribution in [-0.2, 0) is 28.7 Å². The summed E-state index contributed by atoms with van der Waals surface area (Å²) in [6.45, 7) is 9.17. The van der Waals surface area contributed by atoms with Crippen molar-refractivity contribution in [3.05, 3.63) is 0 Å². The molecule has 8 heteroatoms. The van der Waals surface area contributed by atoms with Gasteiger partial charge in [-0.1, -0.05) is 33.1 Å². The molecule has 2 N–H and O–H groups in total. The van der Waals surface area contributed by atoms with E-state index < -0.39 is 23.7 Å². The zero-order valence-electron chi connectivity index (χ0n) is 19.2. The predicted molar refractivity (Wildman–Crippen MR) is 112 cm³/mol. The molecule has 0 unspecified atom stereocenters. The van der Waals surface area contributed by atoms with E-state index in [1.165, 1.54) is 7.11 Å². The minimum atomic E-state index is -0.754. The Morgan fingerprint density at radius 1 is 1.07 bits per heavy atom. The molecule has 0 aromatic heterocycles. The molecule has 3 atom stereocenters. The Hall–Kier alpha value is -2.12. The molecular formula is C22H38N2O6. The molecule has 0 bridgehead atoms. The topological polar surface area (TPSA) is 111 Å². The van der Waals surface area contributed by atoms with Gasteiger partial charge in [0.05, 0.1) is 7.11 Å². The average Bonchev–Trinajstić information content (AvgIpc) is 3.46. The lowest BCUT2D eigenvalue weighted by Crippen LogP contribution is -2.54. The second-order valence-corrected chi connectivity index (χ2v) is 9.13. The Bertz CT molecular complexity index is 609. The zero-order chi connectivity index (χ0) is 22.9. The van der Waals surface area contributed by atoms with Gasteiger partial charge in [0.25, 0.3) is 0 Å². The van der Waals surface area contributed by atoms with Gasteiger partial charge in [-0.25, -0.2) is 4.79 Å². The van der Waals surface area contributed by atoms with E-state index in [-0.39, 0.29) is 36.5 Å². The number of hydrogen-bond donors (Lipinski definition) is 2. The lowest BCUT2D eigenvalue weighted by atomic mass is 9.97. The van der Waals surface area contributed by atoms with Crippen molar-refractivity contribution < 1.29 is 28.7 Å². The molecule has 0 aliphatic heterocycles. The number of amides is 2. The molecule has 1 aliphatic rings. The van der Waals surface area contributed by atoms with Gasteiger partial charge in [-0.05, 0) is 45.4 Å². The number of esters is 2. The van der Waals surface area contributed by atoms with Crippen LogP contribution in [0.25, 0.3) is 0 Å². The van der Waals surface area contributed by atoms with Crippen LogP contribution in [0.5, 0.6) is 0 Å². The van der Waals surface area contributed by atoms with Crippen molar-refractivity contribution in [3.8, 4) is 0 Å². The maximum Gasteiger partial charge on any atom is 0.328 e. The van der Waals surface area contributed by atoms with Gasteiger partial charge in [0.2, 0.25) is 11.8 Å². The van der Waals surface area contributed by atoms with Crippen LogP contribution in [0.15, 0.2) is 0 Å². The molecule has 0 aromatic rings. The molecule has 8 nitrogen and oxygen atoms in total. The van der Waals surface area contributed by atoms with Gasteiger partial charge < -0.3 is 20.1 Å². The summed E-state index contributed by atoms with van der Waals surface area (Å²) in [5.74, 6) is -1.20. The van der Waals surface area contributed by atoms with E-state index in [0.717, 1.165) is 12.8 Å². The van der Waals surface area contributed by atoms with Gasteiger partial charge >= 0.3 is 11.9 Å². The molecule has 1 saturated carbocycles. The van der Waals surface area contributed by atoms with E-state index in [1.54, 1.807) is 20.8 Å². The summed E-state index contributed by atoms with van der Waals surface area (Å²) in [5.41, 5.74) is -0.560. The molecule has 0 spiro atoms. The highest BCUT2D eigenvalue weighted by Crippen LogP contribution is 2.33. The summed E-state index contributed by atoms with van der Waals surface area (Å²) in [5, 5.41) is 5.52. The lowest BCUT2D eigenvalue weighted by Gasteiger charge is -2.26. The molecule has 30 heavy (non-hydrogen) atoms. The van der Waals surface area contributed by atoms with Crippen molar-refractivity contribution in [1.29, 1.82) is 0 Å². The molecule has 172 valence electrons. The molecule has 0 heterocycles. The van der Waals surface area contributed by atoms with E-state index in [4.69, 9.17) is 9.47 Å². The van der Waals surface area contributed by atoms with Crippen LogP contribution in [-0.4, -0.2) is 48.5 Å². The minimum Gasteiger partial charge on any atom is -0.467 e. The van der Waals surface area contributed by atoms with E-state index in [2.05, 4.69) is 10.6 Å². The Labute approximate surface area is 179 Å². The molecule has 0 saturated heterocycles. The first-order chi connectivity index (χ1) is 14.0. The minimum absolute atomic E-state index is 0.112. The van der Waals surface area contributed by atoms with Crippen LogP contribution in [0.2, 0.25) is 0 Å². The molecule has 0 radical (unpaired) electrons. The monoisotopic (exact) mass is 426 g/mol. The molecule has 1 aliphatic carbocycles. The Balaban J connectivity index is 2.60. The number of carbonyl (C=O) groups is 4. The van der Waals surface area contributed by atoms with Gasteiger partial charge in [-0.2, -0.15) is 0 Å². The summed E-state index contributed by atoms with van der Waals surface area (Å²) in [6.07, 6.45) is 3.91. The highest BCUT2D eigenvalue weighted by Gasteiger charge is 2.34. The van der Waals surface area contributed by atoms with Crippen molar-refractivity contribution in [2.45, 2.75) is 97.2 Å². The molecule has 1 fully saturated rings. The van der Waals surface area contributed by atoms with E-state index in [1.807, 2.05) is 13.8 Å². The summed E-state index contributed by atoms with van der Waals surface area (Å²) >= 11 is 0. The average molecular weight is 427 g/mol. The summed E-state index contributed by atoms with van der Waals surface area (Å²) in [6, 6.07) is -1.46. The maximum absolute atomic E-state index is 12.8. The fraction of sp³-hybridized carbons (Fsp3) is 0.818. The number of hydrogen-bond acceptors (Lipinski definition) is 6. The third-order valence-electron chi connectivity index (χ3n) is 5.08. The van der Waals surface area contributed by atoms with Gasteiger partial charge in [-0.3, -0.25) is 14.4 Å². The van der Waals surface area contributed by atoms with E-state index >= 15 is 0 Å². The number of nitrogens with one attached hydrogen (secondary N) is 2. The number of ether oxygens (including phenoxy) is 2. The van der Waals surface area contributed by atoms with Crippen LogP contribution in [0.1, 0.15) is 79.6 Å². The smallest absolute Gasteiger partial charge is 0.328 e. The first-order valence-corrected chi connectivity index (χ1v) is 10.9. The normalized spacial score (nSPS) is 16.7. The molecule has 2 amide bonds. The lowest BCUT2D eigenvalue weighted by molar-refractivity contribution is -0.155. The van der Waals surface area contributed by atoms with Gasteiger partial charge in [0.15, 0.2) is 0 Å². The van der Waals surface area contributed by atoms with E-state index in [9.17, 15) is 19.2 Å². The molecule has 0 aromatic carbocycles. The van der Waals surface area contributed by atoms with Gasteiger partial charge in [0.1, 0.15) is 17.7 Å². The van der Waals surface area contributed by atoms with E-state index in [0.29, 0.717) is 25.2 Å². The zero-order valence-corrected chi connectivity index (χ0v) is 19.2. The van der Waals surface area contributed by atoms with Crippen LogP contribution < -0.4 is 10.6 Å². The Morgan fingerprint density at radius 2 is 1.70 bits per heavy atom. The third kappa shape index (κ3) is 10.1. The Kier molecular flexibility index (Phi) is 10.3. The second kappa shape index (κ2) is 11.9. The third-order valence-corrected chi connectivity index (χ3v) is 5.08. The van der Waals surface area contributed by atoms with Crippen LogP contribution >= 0.6 is 0 Å². The summed E-state index contributed by atoms with van der Waals surface area (Å²) < 4.78 is 10.0. The van der Waals surface area contributed by atoms with Crippen molar-refractivity contribution in [3.63, 3.8) is 0 Å². The second-order valence-electron chi connectivity index (χ2n) is 9.13. The Morgan fingerprint density at radius 3 is 2.20 bits per heavy atom. The number of rotatable bonds is 12. The highest BCUT2D eigenvalue weighted by molar-refractivity contribution is 5.91. The standard InChI is InChI=1S/C22H38N2O6/c1-7-14(2)19(20(27)23-16(21(28)29-6)13-15-11-12-15)24-17(25)9-8-10-18(26)30-22(3,4)5/h14-16,19H,7-13H2,1-6H3,(H,23,27)(H,24,25)/t14-,16-,19-/m0/s1. The largest absolute Gasteiger partial charge is 0.467 e. The van der Waals surface area contributed by atoms with Crippen LogP contribution in [0.4, 0.5) is 0 Å². The van der Waals surface area contributed by atoms with Crippen molar-refractivity contribution in [2.75, 3.05) is 7.11 Å². The summed E-state index contributed by atoms with van der Waals surface area (Å²) in [7, 11) is 1.30. The van der Waals surface area contributed by atoms with Crippen LogP contribution in [0, 0.1) is 11.8 Å². The fourth-order valence-electron chi connectivity index (χ4n) is 3.04. The SMILES string of the molecule is CC[C@H](C)[C@H](NC(=O)CCCC(=O)OC(C)(C)C)C(=O)N[C@@H](CC1CC1)C(=O)OC. The molecular weight excluding hydrogens is 388 g/mol. The first-order valence-electron chi connectivity index (χ1n) is 10.9. The summed E-state index contributed by atoms with van der Waals surface area (Å²) in [4.78, 5) is 49.0. The van der Waals surface area contributed by atoms with Gasteiger partial charge in [0, 0.05) is 12.8 Å². The number of carbonyl (C=O) groups excluding carboxylic acids is 4. The number of methoxy groups -OCH3 is 1. The quantitative estimate of drug-likeness (QED) is 0.464. The van der Waals surface area contributed by atoms with Crippen molar-refractivity contribution >= 4 is 23.8 Å².